The number of carbonyl (C=O) groups is 2. The third kappa shape index (κ3) is 2.42. The molecule has 0 radical (unpaired) electrons. The average Bonchev–Trinajstić information content (AvgIpc) is 2.68. The first kappa shape index (κ1) is 12.7. The highest BCUT2D eigenvalue weighted by atomic mass is 16.2. The lowest BCUT2D eigenvalue weighted by Crippen LogP contribution is -2.19. The van der Waals surface area contributed by atoms with Crippen LogP contribution in [-0.2, 0) is 6.54 Å². The van der Waals surface area contributed by atoms with Crippen LogP contribution in [0.5, 0.6) is 0 Å². The average molecular weight is 258 g/mol. The predicted octanol–water partition coefficient (Wildman–Crippen LogP) is 0.316. The van der Waals surface area contributed by atoms with Crippen molar-refractivity contribution >= 4 is 17.6 Å². The van der Waals surface area contributed by atoms with Crippen LogP contribution >= 0.6 is 0 Å². The summed E-state index contributed by atoms with van der Waals surface area (Å²) in [7, 11) is 0. The van der Waals surface area contributed by atoms with Crippen molar-refractivity contribution in [3.63, 3.8) is 0 Å². The summed E-state index contributed by atoms with van der Waals surface area (Å²) in [5.41, 5.74) is 17.3. The molecular weight excluding hydrogens is 244 g/mol. The first-order chi connectivity index (χ1) is 9.00. The second kappa shape index (κ2) is 4.85. The van der Waals surface area contributed by atoms with Crippen molar-refractivity contribution < 1.29 is 9.59 Å². The van der Waals surface area contributed by atoms with Crippen molar-refractivity contribution in [2.45, 2.75) is 6.54 Å². The van der Waals surface area contributed by atoms with Gasteiger partial charge >= 0.3 is 0 Å². The molecule has 0 unspecified atom stereocenters. The summed E-state index contributed by atoms with van der Waals surface area (Å²) < 4.78 is 1.58. The molecule has 1 heterocycles. The van der Waals surface area contributed by atoms with E-state index >= 15 is 0 Å². The van der Waals surface area contributed by atoms with Crippen LogP contribution in [0.15, 0.2) is 36.5 Å². The van der Waals surface area contributed by atoms with Gasteiger partial charge in [-0.15, -0.1) is 0 Å². The minimum absolute atomic E-state index is 0.0246. The quantitative estimate of drug-likeness (QED) is 0.732. The molecule has 0 saturated carbocycles. The topological polar surface area (TPSA) is 117 Å². The molecule has 0 aliphatic heterocycles. The van der Waals surface area contributed by atoms with Crippen molar-refractivity contribution in [3.05, 3.63) is 53.2 Å². The molecule has 0 atom stereocenters. The van der Waals surface area contributed by atoms with Gasteiger partial charge in [-0.1, -0.05) is 30.3 Å². The minimum atomic E-state index is -0.766. The summed E-state index contributed by atoms with van der Waals surface area (Å²) in [6.07, 6.45) is 1.45. The molecule has 0 bridgehead atoms. The van der Waals surface area contributed by atoms with E-state index in [1.54, 1.807) is 4.57 Å². The molecule has 0 aliphatic rings. The van der Waals surface area contributed by atoms with Crippen LogP contribution in [0, 0.1) is 0 Å². The molecule has 6 nitrogen and oxygen atoms in total. The van der Waals surface area contributed by atoms with Gasteiger partial charge in [0.05, 0.1) is 11.1 Å². The lowest BCUT2D eigenvalue weighted by molar-refractivity contribution is 0.0969. The van der Waals surface area contributed by atoms with E-state index in [1.165, 1.54) is 6.20 Å². The zero-order valence-electron chi connectivity index (χ0n) is 10.2. The number of nitrogens with zero attached hydrogens (tertiary/aromatic N) is 1. The summed E-state index contributed by atoms with van der Waals surface area (Å²) in [5.74, 6) is -1.35. The minimum Gasteiger partial charge on any atom is -0.384 e. The molecule has 0 aliphatic carbocycles. The smallest absolute Gasteiger partial charge is 0.253 e. The van der Waals surface area contributed by atoms with Gasteiger partial charge in [0.15, 0.2) is 0 Å². The Labute approximate surface area is 109 Å². The van der Waals surface area contributed by atoms with E-state index in [0.29, 0.717) is 6.54 Å². The van der Waals surface area contributed by atoms with Crippen LogP contribution in [0.25, 0.3) is 0 Å². The SMILES string of the molecule is NC(=O)c1cn(Cc2ccccc2)c(N)c1C(N)=O. The number of primary amides is 2. The van der Waals surface area contributed by atoms with Gasteiger partial charge < -0.3 is 21.8 Å². The fourth-order valence-electron chi connectivity index (χ4n) is 1.93. The number of nitrogens with two attached hydrogens (primary N) is 3. The van der Waals surface area contributed by atoms with E-state index in [2.05, 4.69) is 0 Å². The lowest BCUT2D eigenvalue weighted by atomic mass is 10.1. The molecule has 2 aromatic rings. The fourth-order valence-corrected chi connectivity index (χ4v) is 1.93. The zero-order valence-corrected chi connectivity index (χ0v) is 10.2. The molecular formula is C13H14N4O2. The molecule has 0 spiro atoms. The molecule has 1 aromatic heterocycles. The maximum absolute atomic E-state index is 11.3. The van der Waals surface area contributed by atoms with Crippen LogP contribution < -0.4 is 17.2 Å². The molecule has 2 rings (SSSR count). The number of amides is 2. The van der Waals surface area contributed by atoms with Gasteiger partial charge in [-0.25, -0.2) is 0 Å². The molecule has 19 heavy (non-hydrogen) atoms. The maximum Gasteiger partial charge on any atom is 0.253 e. The van der Waals surface area contributed by atoms with Gasteiger partial charge in [-0.05, 0) is 5.56 Å². The fraction of sp³-hybridized carbons (Fsp3) is 0.0769. The van der Waals surface area contributed by atoms with Gasteiger partial charge in [-0.2, -0.15) is 0 Å². The van der Waals surface area contributed by atoms with Crippen LogP contribution in [0.2, 0.25) is 0 Å². The Morgan fingerprint density at radius 3 is 2.16 bits per heavy atom. The Morgan fingerprint density at radius 1 is 1.05 bits per heavy atom. The summed E-state index contributed by atoms with van der Waals surface area (Å²) in [5, 5.41) is 0. The molecule has 0 fully saturated rings. The molecule has 1 aromatic carbocycles. The highest BCUT2D eigenvalue weighted by Crippen LogP contribution is 2.20. The van der Waals surface area contributed by atoms with Gasteiger partial charge in [0.25, 0.3) is 11.8 Å². The third-order valence-corrected chi connectivity index (χ3v) is 2.83. The second-order valence-corrected chi connectivity index (χ2v) is 4.15. The highest BCUT2D eigenvalue weighted by molar-refractivity contribution is 6.09. The maximum atomic E-state index is 11.3. The van der Waals surface area contributed by atoms with Crippen LogP contribution in [-0.4, -0.2) is 16.4 Å². The van der Waals surface area contributed by atoms with Crippen molar-refractivity contribution in [2.75, 3.05) is 5.73 Å². The van der Waals surface area contributed by atoms with Gasteiger partial charge in [0.2, 0.25) is 0 Å². The largest absolute Gasteiger partial charge is 0.384 e. The normalized spacial score (nSPS) is 10.3. The number of aromatic nitrogens is 1. The summed E-state index contributed by atoms with van der Waals surface area (Å²) in [4.78, 5) is 22.6. The van der Waals surface area contributed by atoms with E-state index in [-0.39, 0.29) is 16.9 Å². The zero-order chi connectivity index (χ0) is 14.0. The first-order valence-corrected chi connectivity index (χ1v) is 5.63. The Morgan fingerprint density at radius 2 is 1.68 bits per heavy atom. The second-order valence-electron chi connectivity index (χ2n) is 4.15. The molecule has 6 N–H and O–H groups in total. The molecule has 98 valence electrons. The summed E-state index contributed by atoms with van der Waals surface area (Å²) in [6.45, 7) is 0.431. The number of nitrogen functional groups attached to an aromatic ring is 1. The van der Waals surface area contributed by atoms with Crippen molar-refractivity contribution in [1.29, 1.82) is 0 Å². The van der Waals surface area contributed by atoms with E-state index in [4.69, 9.17) is 17.2 Å². The van der Waals surface area contributed by atoms with E-state index in [0.717, 1.165) is 5.56 Å². The van der Waals surface area contributed by atoms with Crippen molar-refractivity contribution in [1.82, 2.24) is 4.57 Å². The molecule has 2 amide bonds. The Hall–Kier alpha value is -2.76. The van der Waals surface area contributed by atoms with Crippen LogP contribution in [0.3, 0.4) is 0 Å². The number of carbonyl (C=O) groups excluding carboxylic acids is 2. The summed E-state index contributed by atoms with van der Waals surface area (Å²) in [6, 6.07) is 9.49. The van der Waals surface area contributed by atoms with E-state index in [1.807, 2.05) is 30.3 Å². The van der Waals surface area contributed by atoms with Gasteiger partial charge in [0.1, 0.15) is 5.82 Å². The van der Waals surface area contributed by atoms with Crippen LogP contribution in [0.1, 0.15) is 26.3 Å². The predicted molar refractivity (Wildman–Crippen MR) is 71.4 cm³/mol. The monoisotopic (exact) mass is 258 g/mol. The number of hydrogen-bond donors (Lipinski definition) is 3. The molecule has 6 heteroatoms. The number of benzene rings is 1. The highest BCUT2D eigenvalue weighted by Gasteiger charge is 2.21. The third-order valence-electron chi connectivity index (χ3n) is 2.83. The van der Waals surface area contributed by atoms with Crippen molar-refractivity contribution in [2.24, 2.45) is 11.5 Å². The van der Waals surface area contributed by atoms with Gasteiger partial charge in [0, 0.05) is 12.7 Å². The number of rotatable bonds is 4. The Balaban J connectivity index is 2.45. The standard InChI is InChI=1S/C13H14N4O2/c14-11-10(13(16)19)9(12(15)18)7-17(11)6-8-4-2-1-3-5-8/h1-5,7H,6,14H2,(H2,15,18)(H2,16,19). The first-order valence-electron chi connectivity index (χ1n) is 5.63. The van der Waals surface area contributed by atoms with Gasteiger partial charge in [-0.3, -0.25) is 9.59 Å². The van der Waals surface area contributed by atoms with Crippen molar-refractivity contribution in [3.8, 4) is 0 Å². The number of anilines is 1. The lowest BCUT2D eigenvalue weighted by Gasteiger charge is -2.06. The van der Waals surface area contributed by atoms with Crippen LogP contribution in [0.4, 0.5) is 5.82 Å². The molecule has 0 saturated heterocycles. The van der Waals surface area contributed by atoms with E-state index < -0.39 is 11.8 Å². The number of hydrogen-bond acceptors (Lipinski definition) is 3. The summed E-state index contributed by atoms with van der Waals surface area (Å²) >= 11 is 0. The van der Waals surface area contributed by atoms with E-state index in [9.17, 15) is 9.59 Å². The Bertz CT molecular complexity index is 632. The Kier molecular flexibility index (Phi) is 3.24.